The van der Waals surface area contributed by atoms with E-state index in [1.54, 1.807) is 0 Å². The van der Waals surface area contributed by atoms with Gasteiger partial charge in [0.15, 0.2) is 5.65 Å². The lowest BCUT2D eigenvalue weighted by Crippen LogP contribution is -2.45. The monoisotopic (exact) mass is 283 g/mol. The highest BCUT2D eigenvalue weighted by molar-refractivity contribution is 6.17. The molecule has 6 nitrogen and oxygen atoms in total. The zero-order valence-electron chi connectivity index (χ0n) is 11.3. The quantitative estimate of drug-likeness (QED) is 0.783. The van der Waals surface area contributed by atoms with Gasteiger partial charge in [0.2, 0.25) is 0 Å². The van der Waals surface area contributed by atoms with Gasteiger partial charge >= 0.3 is 0 Å². The molecule has 3 heterocycles. The van der Waals surface area contributed by atoms with Crippen LogP contribution in [0.25, 0.3) is 11.2 Å². The van der Waals surface area contributed by atoms with Crippen LogP contribution in [-0.4, -0.2) is 51.6 Å². The summed E-state index contributed by atoms with van der Waals surface area (Å²) >= 11 is 5.90. The number of alkyl halides is 1. The molecule has 0 bridgehead atoms. The van der Waals surface area contributed by atoms with Crippen molar-refractivity contribution in [2.24, 2.45) is 7.05 Å². The summed E-state index contributed by atoms with van der Waals surface area (Å²) in [6, 6.07) is 0. The molecule has 0 radical (unpaired) electrons. The number of imidazole rings is 1. The van der Waals surface area contributed by atoms with Crippen molar-refractivity contribution in [1.29, 1.82) is 0 Å². The fourth-order valence-electron chi connectivity index (χ4n) is 2.60. The summed E-state index contributed by atoms with van der Waals surface area (Å²) in [6.45, 7) is 5.22. The van der Waals surface area contributed by atoms with E-state index in [1.807, 2.05) is 18.7 Å². The van der Waals surface area contributed by atoms with Gasteiger partial charge in [-0.1, -0.05) is 0 Å². The summed E-state index contributed by atoms with van der Waals surface area (Å²) in [4.78, 5) is 4.71. The third-order valence-corrected chi connectivity index (χ3v) is 3.62. The van der Waals surface area contributed by atoms with Crippen LogP contribution in [0.1, 0.15) is 11.5 Å². The topological polar surface area (TPSA) is 48.1 Å². The van der Waals surface area contributed by atoms with Crippen LogP contribution < -0.4 is 5.01 Å². The van der Waals surface area contributed by atoms with E-state index in [0.29, 0.717) is 5.88 Å². The molecule has 1 aliphatic rings. The van der Waals surface area contributed by atoms with Crippen LogP contribution in [0.3, 0.4) is 0 Å². The van der Waals surface area contributed by atoms with Crippen LogP contribution in [0, 0.1) is 6.92 Å². The molecule has 0 aromatic carbocycles. The second-order valence-electron chi connectivity index (χ2n) is 4.73. The molecule has 0 unspecified atom stereocenters. The highest BCUT2D eigenvalue weighted by Gasteiger charge is 2.22. The van der Waals surface area contributed by atoms with Gasteiger partial charge in [0.25, 0.3) is 0 Å². The Hall–Kier alpha value is -1.27. The van der Waals surface area contributed by atoms with Crippen LogP contribution >= 0.6 is 11.6 Å². The molecule has 1 saturated heterocycles. The molecule has 0 atom stereocenters. The first-order valence-electron chi connectivity index (χ1n) is 6.52. The van der Waals surface area contributed by atoms with Gasteiger partial charge in [-0.25, -0.2) is 14.3 Å². The Labute approximate surface area is 116 Å². The molecule has 1 aliphatic heterocycles. The van der Waals surface area contributed by atoms with Crippen LogP contribution in [0.5, 0.6) is 0 Å². The number of ether oxygens (including phenoxy) is 1. The van der Waals surface area contributed by atoms with Gasteiger partial charge in [0.05, 0.1) is 32.0 Å². The fraction of sp³-hybridized carbons (Fsp3) is 0.667. The number of hydrogen-bond donors (Lipinski definition) is 0. The zero-order chi connectivity index (χ0) is 13.4. The van der Waals surface area contributed by atoms with Crippen LogP contribution in [0.2, 0.25) is 0 Å². The van der Waals surface area contributed by atoms with Gasteiger partial charge in [-0.3, -0.25) is 0 Å². The third-order valence-electron chi connectivity index (χ3n) is 3.44. The van der Waals surface area contributed by atoms with Crippen molar-refractivity contribution in [1.82, 2.24) is 19.4 Å². The summed E-state index contributed by atoms with van der Waals surface area (Å²) in [5.41, 5.74) is 2.97. The minimum Gasteiger partial charge on any atom is -0.378 e. The zero-order valence-corrected chi connectivity index (χ0v) is 12.0. The summed E-state index contributed by atoms with van der Waals surface area (Å²) in [7, 11) is 1.96. The average Bonchev–Trinajstić information content (AvgIpc) is 2.91. The first-order valence-corrected chi connectivity index (χ1v) is 7.05. The Morgan fingerprint density at radius 2 is 2.05 bits per heavy atom. The number of halogens is 1. The van der Waals surface area contributed by atoms with Crippen LogP contribution in [0.15, 0.2) is 0 Å². The first kappa shape index (κ1) is 12.7. The van der Waals surface area contributed by atoms with Crippen molar-refractivity contribution in [3.63, 3.8) is 0 Å². The highest BCUT2D eigenvalue weighted by atomic mass is 35.5. The first-order chi connectivity index (χ1) is 9.22. The maximum atomic E-state index is 5.90. The maximum absolute atomic E-state index is 5.90. The number of aryl methyl sites for hydroxylation is 3. The smallest absolute Gasteiger partial charge is 0.177 e. The molecule has 0 saturated carbocycles. The lowest BCUT2D eigenvalue weighted by atomic mass is 10.4. The van der Waals surface area contributed by atoms with Gasteiger partial charge in [-0.2, -0.15) is 5.10 Å². The molecular weight excluding hydrogens is 266 g/mol. The van der Waals surface area contributed by atoms with Crippen molar-refractivity contribution in [2.45, 2.75) is 13.3 Å². The lowest BCUT2D eigenvalue weighted by Gasteiger charge is -2.31. The maximum Gasteiger partial charge on any atom is 0.177 e. The van der Waals surface area contributed by atoms with Gasteiger partial charge in [-0.15, -0.1) is 11.6 Å². The Bertz CT molecular complexity index is 584. The van der Waals surface area contributed by atoms with E-state index in [1.165, 1.54) is 0 Å². The number of rotatable bonds is 3. The summed E-state index contributed by atoms with van der Waals surface area (Å²) in [5.74, 6) is 1.57. The molecule has 3 rings (SSSR count). The number of nitrogens with zero attached hydrogens (tertiary/aromatic N) is 5. The van der Waals surface area contributed by atoms with E-state index >= 15 is 0 Å². The lowest BCUT2D eigenvalue weighted by molar-refractivity contribution is 0.111. The molecule has 1 fully saturated rings. The molecule has 7 heteroatoms. The van der Waals surface area contributed by atoms with Crippen molar-refractivity contribution >= 4 is 22.8 Å². The molecule has 2 aromatic heterocycles. The van der Waals surface area contributed by atoms with E-state index in [9.17, 15) is 0 Å². The Morgan fingerprint density at radius 3 is 2.74 bits per heavy atom. The van der Waals surface area contributed by atoms with E-state index in [4.69, 9.17) is 21.3 Å². The van der Waals surface area contributed by atoms with E-state index in [2.05, 4.69) is 14.8 Å². The average molecular weight is 284 g/mol. The van der Waals surface area contributed by atoms with Gasteiger partial charge < -0.3 is 9.75 Å². The molecule has 0 N–H and O–H groups in total. The van der Waals surface area contributed by atoms with Gasteiger partial charge in [0, 0.05) is 19.3 Å². The molecule has 0 aliphatic carbocycles. The highest BCUT2D eigenvalue weighted by Crippen LogP contribution is 2.20. The standard InChI is InChI=1S/C12H18ClN5O/c1-9-11-12(16(2)15-9)18(10(14-11)3-4-13)17-5-7-19-8-6-17/h3-8H2,1-2H3. The minimum absolute atomic E-state index is 0.570. The number of morpholine rings is 1. The van der Waals surface area contributed by atoms with Gasteiger partial charge in [0.1, 0.15) is 11.3 Å². The second kappa shape index (κ2) is 5.02. The number of aromatic nitrogens is 4. The number of fused-ring (bicyclic) bond motifs is 1. The molecule has 104 valence electrons. The largest absolute Gasteiger partial charge is 0.378 e. The normalized spacial score (nSPS) is 16.5. The minimum atomic E-state index is 0.570. The van der Waals surface area contributed by atoms with Crippen LogP contribution in [-0.2, 0) is 18.2 Å². The van der Waals surface area contributed by atoms with Crippen molar-refractivity contribution in [3.8, 4) is 0 Å². The predicted octanol–water partition coefficient (Wildman–Crippen LogP) is 0.828. The molecule has 0 spiro atoms. The molecule has 2 aromatic rings. The predicted molar refractivity (Wildman–Crippen MR) is 74.4 cm³/mol. The Morgan fingerprint density at radius 1 is 1.32 bits per heavy atom. The van der Waals surface area contributed by atoms with Crippen molar-refractivity contribution < 1.29 is 4.74 Å². The van der Waals surface area contributed by atoms with E-state index < -0.39 is 0 Å². The SMILES string of the molecule is Cc1nn(C)c2c1nc(CCCl)n2N1CCOCC1. The fourth-order valence-corrected chi connectivity index (χ4v) is 2.77. The summed E-state index contributed by atoms with van der Waals surface area (Å²) < 4.78 is 9.48. The van der Waals surface area contributed by atoms with Crippen molar-refractivity contribution in [3.05, 3.63) is 11.5 Å². The van der Waals surface area contributed by atoms with Crippen molar-refractivity contribution in [2.75, 3.05) is 37.2 Å². The summed E-state index contributed by atoms with van der Waals surface area (Å²) in [5, 5.41) is 6.72. The molecule has 0 amide bonds. The Balaban J connectivity index is 2.14. The molecule has 19 heavy (non-hydrogen) atoms. The second-order valence-corrected chi connectivity index (χ2v) is 5.10. The molecular formula is C12H18ClN5O. The summed E-state index contributed by atoms with van der Waals surface area (Å²) in [6.07, 6.45) is 0.757. The van der Waals surface area contributed by atoms with Crippen LogP contribution in [0.4, 0.5) is 0 Å². The van der Waals surface area contributed by atoms with Gasteiger partial charge in [-0.05, 0) is 6.92 Å². The Kier molecular flexibility index (Phi) is 3.36. The third kappa shape index (κ3) is 2.08. The van der Waals surface area contributed by atoms with E-state index in [-0.39, 0.29) is 0 Å². The van der Waals surface area contributed by atoms with E-state index in [0.717, 1.165) is 55.4 Å². The number of hydrogen-bond acceptors (Lipinski definition) is 4.